The number of carbonyl (C=O) groups is 1. The molecule has 2 aromatic heterocycles. The van der Waals surface area contributed by atoms with Crippen molar-refractivity contribution in [2.24, 2.45) is 0 Å². The Morgan fingerprint density at radius 3 is 2.75 bits per heavy atom. The topological polar surface area (TPSA) is 82.2 Å². The third kappa shape index (κ3) is 3.48. The molecule has 8 heteroatoms. The fourth-order valence-electron chi connectivity index (χ4n) is 2.67. The van der Waals surface area contributed by atoms with Crippen molar-refractivity contribution in [1.29, 1.82) is 0 Å². The molecular weight excluding hydrogens is 363 g/mol. The van der Waals surface area contributed by atoms with Gasteiger partial charge in [0.25, 0.3) is 5.91 Å². The van der Waals surface area contributed by atoms with Crippen molar-refractivity contribution in [2.45, 2.75) is 0 Å². The lowest BCUT2D eigenvalue weighted by atomic mass is 10.2. The van der Waals surface area contributed by atoms with Crippen molar-refractivity contribution in [1.82, 2.24) is 14.8 Å². The van der Waals surface area contributed by atoms with Crippen molar-refractivity contribution < 1.29 is 18.3 Å². The molecule has 2 heterocycles. The molecule has 4 aromatic rings. The van der Waals surface area contributed by atoms with Crippen LogP contribution in [0.1, 0.15) is 10.4 Å². The van der Waals surface area contributed by atoms with Gasteiger partial charge in [0.1, 0.15) is 5.82 Å². The largest absolute Gasteiger partial charge is 0.466 e. The quantitative estimate of drug-likeness (QED) is 0.569. The van der Waals surface area contributed by atoms with Crippen LogP contribution in [-0.4, -0.2) is 27.8 Å². The van der Waals surface area contributed by atoms with Crippen molar-refractivity contribution >= 4 is 11.6 Å². The average molecular weight is 378 g/mol. The smallest absolute Gasteiger partial charge is 0.336 e. The lowest BCUT2D eigenvalue weighted by Gasteiger charge is -2.09. The Morgan fingerprint density at radius 2 is 2.00 bits per heavy atom. The van der Waals surface area contributed by atoms with E-state index in [1.165, 1.54) is 31.6 Å². The summed E-state index contributed by atoms with van der Waals surface area (Å²) in [5.74, 6) is 0.0822. The first kappa shape index (κ1) is 17.5. The molecule has 7 nitrogen and oxygen atoms in total. The number of nitrogens with zero attached hydrogens (tertiary/aromatic N) is 3. The molecule has 28 heavy (non-hydrogen) atoms. The molecule has 1 amide bonds. The number of rotatable bonds is 5. The summed E-state index contributed by atoms with van der Waals surface area (Å²) >= 11 is 0. The molecule has 0 spiro atoms. The van der Waals surface area contributed by atoms with E-state index in [4.69, 9.17) is 9.15 Å². The number of anilines is 1. The second-order valence-corrected chi connectivity index (χ2v) is 5.83. The van der Waals surface area contributed by atoms with Gasteiger partial charge in [0, 0.05) is 11.3 Å². The molecule has 0 bridgehead atoms. The Bertz CT molecular complexity index is 1120. The van der Waals surface area contributed by atoms with Crippen LogP contribution in [0.15, 0.2) is 71.3 Å². The highest BCUT2D eigenvalue weighted by atomic mass is 19.1. The van der Waals surface area contributed by atoms with E-state index in [9.17, 15) is 9.18 Å². The highest BCUT2D eigenvalue weighted by Gasteiger charge is 2.17. The van der Waals surface area contributed by atoms with Crippen LogP contribution in [-0.2, 0) is 0 Å². The predicted molar refractivity (Wildman–Crippen MR) is 100.0 cm³/mol. The molecule has 0 radical (unpaired) electrons. The Hall–Kier alpha value is -3.94. The number of benzene rings is 2. The minimum atomic E-state index is -0.473. The summed E-state index contributed by atoms with van der Waals surface area (Å²) < 4.78 is 25.4. The van der Waals surface area contributed by atoms with Crippen LogP contribution in [0.4, 0.5) is 10.1 Å². The summed E-state index contributed by atoms with van der Waals surface area (Å²) in [7, 11) is 1.47. The van der Waals surface area contributed by atoms with Crippen LogP contribution in [0, 0.1) is 5.82 Å². The Balaban J connectivity index is 1.66. The number of aromatic nitrogens is 3. The zero-order valence-corrected chi connectivity index (χ0v) is 14.8. The zero-order chi connectivity index (χ0) is 19.5. The monoisotopic (exact) mass is 378 g/mol. The van der Waals surface area contributed by atoms with Gasteiger partial charge in [-0.25, -0.2) is 9.07 Å². The van der Waals surface area contributed by atoms with Gasteiger partial charge in [0.15, 0.2) is 5.76 Å². The average Bonchev–Trinajstić information content (AvgIpc) is 3.37. The van der Waals surface area contributed by atoms with E-state index in [2.05, 4.69) is 15.4 Å². The lowest BCUT2D eigenvalue weighted by Crippen LogP contribution is -2.12. The second kappa shape index (κ2) is 7.36. The number of furan rings is 1. The standard InChI is InChI=1S/C20H15FN4O3/c1-27-20-23-18(17-9-4-10-28-17)25(24-20)16-8-3-7-15(12-16)22-19(26)13-5-2-6-14(21)11-13/h2-12H,1H3,(H,22,26). The zero-order valence-electron chi connectivity index (χ0n) is 14.8. The van der Waals surface area contributed by atoms with Crippen LogP contribution < -0.4 is 10.1 Å². The summed E-state index contributed by atoms with van der Waals surface area (Å²) in [6.07, 6.45) is 1.54. The number of hydrogen-bond donors (Lipinski definition) is 1. The molecule has 0 aliphatic rings. The summed E-state index contributed by atoms with van der Waals surface area (Å²) in [5, 5.41) is 7.05. The van der Waals surface area contributed by atoms with Crippen LogP contribution in [0.25, 0.3) is 17.3 Å². The number of carbonyl (C=O) groups excluding carboxylic acids is 1. The first-order chi connectivity index (χ1) is 13.6. The molecule has 4 rings (SSSR count). The van der Waals surface area contributed by atoms with E-state index >= 15 is 0 Å². The van der Waals surface area contributed by atoms with Crippen molar-refractivity contribution in [2.75, 3.05) is 12.4 Å². The van der Waals surface area contributed by atoms with Crippen LogP contribution in [0.2, 0.25) is 0 Å². The SMILES string of the molecule is COc1nc(-c2ccco2)n(-c2cccc(NC(=O)c3cccc(F)c3)c2)n1. The third-order valence-electron chi connectivity index (χ3n) is 3.95. The third-order valence-corrected chi connectivity index (χ3v) is 3.95. The molecule has 0 fully saturated rings. The molecule has 2 aromatic carbocycles. The number of amides is 1. The van der Waals surface area contributed by atoms with E-state index in [1.54, 1.807) is 47.1 Å². The van der Waals surface area contributed by atoms with Gasteiger partial charge >= 0.3 is 6.01 Å². The highest BCUT2D eigenvalue weighted by molar-refractivity contribution is 6.04. The van der Waals surface area contributed by atoms with Gasteiger partial charge in [-0.2, -0.15) is 4.98 Å². The molecule has 0 unspecified atom stereocenters. The lowest BCUT2D eigenvalue weighted by molar-refractivity contribution is 0.102. The number of nitrogens with one attached hydrogen (secondary N) is 1. The van der Waals surface area contributed by atoms with Crippen molar-refractivity contribution in [3.05, 3.63) is 78.3 Å². The van der Waals surface area contributed by atoms with E-state index in [-0.39, 0.29) is 11.6 Å². The highest BCUT2D eigenvalue weighted by Crippen LogP contribution is 2.25. The van der Waals surface area contributed by atoms with E-state index in [1.807, 2.05) is 0 Å². The minimum Gasteiger partial charge on any atom is -0.466 e. The Morgan fingerprint density at radius 1 is 1.14 bits per heavy atom. The van der Waals surface area contributed by atoms with Crippen molar-refractivity contribution in [3.63, 3.8) is 0 Å². The molecule has 0 atom stereocenters. The van der Waals surface area contributed by atoms with E-state index in [0.29, 0.717) is 23.0 Å². The Kier molecular flexibility index (Phi) is 4.59. The van der Waals surface area contributed by atoms with Gasteiger partial charge in [-0.1, -0.05) is 12.1 Å². The molecule has 0 aliphatic carbocycles. The predicted octanol–water partition coefficient (Wildman–Crippen LogP) is 3.93. The maximum Gasteiger partial charge on any atom is 0.336 e. The number of methoxy groups -OCH3 is 1. The van der Waals surface area contributed by atoms with Crippen molar-refractivity contribution in [3.8, 4) is 23.3 Å². The van der Waals surface area contributed by atoms with Crippen LogP contribution in [0.5, 0.6) is 6.01 Å². The number of ether oxygens (including phenoxy) is 1. The van der Waals surface area contributed by atoms with Gasteiger partial charge in [-0.05, 0) is 48.5 Å². The minimum absolute atomic E-state index is 0.181. The second-order valence-electron chi connectivity index (χ2n) is 5.83. The van der Waals surface area contributed by atoms with Gasteiger partial charge in [-0.15, -0.1) is 5.10 Å². The summed E-state index contributed by atoms with van der Waals surface area (Å²) in [6, 6.07) is 16.2. The normalized spacial score (nSPS) is 10.6. The molecule has 140 valence electrons. The maximum absolute atomic E-state index is 13.3. The summed E-state index contributed by atoms with van der Waals surface area (Å²) in [4.78, 5) is 16.7. The van der Waals surface area contributed by atoms with E-state index in [0.717, 1.165) is 0 Å². The van der Waals surface area contributed by atoms with Gasteiger partial charge < -0.3 is 14.5 Å². The fraction of sp³-hybridized carbons (Fsp3) is 0.0500. The molecule has 0 aliphatic heterocycles. The summed E-state index contributed by atoms with van der Waals surface area (Å²) in [6.45, 7) is 0. The molecule has 1 N–H and O–H groups in total. The molecule has 0 saturated carbocycles. The van der Waals surface area contributed by atoms with Crippen LogP contribution >= 0.6 is 0 Å². The first-order valence-electron chi connectivity index (χ1n) is 8.36. The van der Waals surface area contributed by atoms with E-state index < -0.39 is 11.7 Å². The van der Waals surface area contributed by atoms with Gasteiger partial charge in [0.05, 0.1) is 19.1 Å². The molecular formula is C20H15FN4O3. The number of halogens is 1. The van der Waals surface area contributed by atoms with Crippen LogP contribution in [0.3, 0.4) is 0 Å². The Labute approximate surface area is 159 Å². The fourth-order valence-corrected chi connectivity index (χ4v) is 2.67. The summed E-state index contributed by atoms with van der Waals surface area (Å²) in [5.41, 5.74) is 1.38. The first-order valence-corrected chi connectivity index (χ1v) is 8.36. The molecule has 0 saturated heterocycles. The number of hydrogen-bond acceptors (Lipinski definition) is 5. The maximum atomic E-state index is 13.3. The van der Waals surface area contributed by atoms with Gasteiger partial charge in [0.2, 0.25) is 5.82 Å². The van der Waals surface area contributed by atoms with Gasteiger partial charge in [-0.3, -0.25) is 4.79 Å².